The number of methoxy groups -OCH3 is 1. The van der Waals surface area contributed by atoms with Crippen LogP contribution in [0.3, 0.4) is 0 Å². The van der Waals surface area contributed by atoms with E-state index in [9.17, 15) is 19.2 Å². The van der Waals surface area contributed by atoms with Crippen LogP contribution >= 0.6 is 11.3 Å². The van der Waals surface area contributed by atoms with Crippen molar-refractivity contribution in [3.8, 4) is 5.75 Å². The summed E-state index contributed by atoms with van der Waals surface area (Å²) in [6.07, 6.45) is 6.63. The molecule has 2 N–H and O–H groups in total. The standard InChI is InChI=1S/C30H39N3O6S/c1-18(32-29(37)26-16-31-19(2)40-26)25(34)15-22(13-21-9-11-23(38-4)12-10-21)28(36)33-24(14-20-7-5-6-8-20)27(35)30(3)17-39-30/h9-12,16,18,20,22,24H,5-8,13-15,17H2,1-4H3,(H,32,37)(H,33,36)/t18-,22+,24-,30+/m0/s1. The van der Waals surface area contributed by atoms with Crippen LogP contribution in [0.2, 0.25) is 0 Å². The molecule has 1 aliphatic carbocycles. The minimum Gasteiger partial charge on any atom is -0.497 e. The van der Waals surface area contributed by atoms with Crippen molar-refractivity contribution in [2.45, 2.75) is 83.4 Å². The Morgan fingerprint density at radius 1 is 1.15 bits per heavy atom. The Balaban J connectivity index is 1.48. The summed E-state index contributed by atoms with van der Waals surface area (Å²) in [6, 6.07) is 5.88. The molecule has 9 nitrogen and oxygen atoms in total. The van der Waals surface area contributed by atoms with Crippen molar-refractivity contribution in [3.63, 3.8) is 0 Å². The lowest BCUT2D eigenvalue weighted by molar-refractivity contribution is -0.134. The second-order valence-electron chi connectivity index (χ2n) is 11.2. The van der Waals surface area contributed by atoms with Gasteiger partial charge in [0.15, 0.2) is 11.6 Å². The lowest BCUT2D eigenvalue weighted by atomic mass is 9.88. The number of carbonyl (C=O) groups excluding carboxylic acids is 4. The number of carbonyl (C=O) groups is 4. The molecule has 0 spiro atoms. The summed E-state index contributed by atoms with van der Waals surface area (Å²) in [5.74, 6) is -0.747. The number of nitrogens with zero attached hydrogens (tertiary/aromatic N) is 1. The van der Waals surface area contributed by atoms with Crippen LogP contribution in [0.25, 0.3) is 0 Å². The van der Waals surface area contributed by atoms with Crippen molar-refractivity contribution in [1.29, 1.82) is 0 Å². The van der Waals surface area contributed by atoms with Gasteiger partial charge < -0.3 is 20.1 Å². The van der Waals surface area contributed by atoms with Crippen LogP contribution in [0.15, 0.2) is 30.5 Å². The van der Waals surface area contributed by atoms with Gasteiger partial charge in [-0.15, -0.1) is 11.3 Å². The van der Waals surface area contributed by atoms with Gasteiger partial charge in [0.1, 0.15) is 16.2 Å². The summed E-state index contributed by atoms with van der Waals surface area (Å²) in [6.45, 7) is 5.54. The fourth-order valence-corrected chi connectivity index (χ4v) is 5.94. The third-order valence-corrected chi connectivity index (χ3v) is 8.82. The zero-order valence-electron chi connectivity index (χ0n) is 23.7. The Morgan fingerprint density at radius 3 is 2.40 bits per heavy atom. The average molecular weight is 570 g/mol. The molecule has 4 rings (SSSR count). The first kappa shape index (κ1) is 29.9. The number of hydrogen-bond acceptors (Lipinski definition) is 8. The predicted molar refractivity (Wildman–Crippen MR) is 151 cm³/mol. The lowest BCUT2D eigenvalue weighted by Crippen LogP contribution is -2.49. The van der Waals surface area contributed by atoms with E-state index >= 15 is 0 Å². The average Bonchev–Trinajstić information content (AvgIpc) is 3.28. The van der Waals surface area contributed by atoms with E-state index in [0.29, 0.717) is 36.0 Å². The maximum absolute atomic E-state index is 13.7. The molecule has 0 bridgehead atoms. The second kappa shape index (κ2) is 13.0. The van der Waals surface area contributed by atoms with Crippen LogP contribution < -0.4 is 15.4 Å². The fraction of sp³-hybridized carbons (Fsp3) is 0.567. The van der Waals surface area contributed by atoms with Gasteiger partial charge in [-0.2, -0.15) is 0 Å². The molecule has 1 aliphatic heterocycles. The van der Waals surface area contributed by atoms with Gasteiger partial charge in [-0.3, -0.25) is 19.2 Å². The molecule has 0 unspecified atom stereocenters. The molecule has 2 fully saturated rings. The maximum Gasteiger partial charge on any atom is 0.263 e. The van der Waals surface area contributed by atoms with Crippen molar-refractivity contribution in [2.75, 3.05) is 13.7 Å². The topological polar surface area (TPSA) is 127 Å². The molecule has 1 aromatic heterocycles. The highest BCUT2D eigenvalue weighted by Crippen LogP contribution is 2.34. The molecule has 2 aromatic rings. The summed E-state index contributed by atoms with van der Waals surface area (Å²) >= 11 is 1.25. The molecule has 4 atom stereocenters. The normalized spacial score (nSPS) is 20.8. The number of thiazole rings is 1. The monoisotopic (exact) mass is 569 g/mol. The van der Waals surface area contributed by atoms with E-state index in [2.05, 4.69) is 15.6 Å². The van der Waals surface area contributed by atoms with Crippen molar-refractivity contribution < 1.29 is 28.7 Å². The number of Topliss-reactive ketones (excluding diaryl/α,β-unsaturated/α-hetero) is 2. The van der Waals surface area contributed by atoms with Gasteiger partial charge in [-0.25, -0.2) is 4.98 Å². The number of ether oxygens (including phenoxy) is 2. The summed E-state index contributed by atoms with van der Waals surface area (Å²) in [5, 5.41) is 6.50. The van der Waals surface area contributed by atoms with Crippen LogP contribution in [0.1, 0.15) is 72.6 Å². The zero-order valence-corrected chi connectivity index (χ0v) is 24.5. The molecule has 10 heteroatoms. The lowest BCUT2D eigenvalue weighted by Gasteiger charge is -2.26. The van der Waals surface area contributed by atoms with Gasteiger partial charge in [0.25, 0.3) is 5.91 Å². The van der Waals surface area contributed by atoms with Crippen molar-refractivity contribution in [1.82, 2.24) is 15.6 Å². The van der Waals surface area contributed by atoms with E-state index in [1.807, 2.05) is 24.3 Å². The molecular formula is C30H39N3O6S. The van der Waals surface area contributed by atoms with Crippen LogP contribution in [-0.4, -0.2) is 59.8 Å². The number of epoxide rings is 1. The quantitative estimate of drug-likeness (QED) is 0.331. The Kier molecular flexibility index (Phi) is 9.73. The number of amides is 2. The number of rotatable bonds is 14. The minimum absolute atomic E-state index is 0.0842. The third kappa shape index (κ3) is 7.75. The molecule has 1 aromatic carbocycles. The van der Waals surface area contributed by atoms with Gasteiger partial charge in [-0.1, -0.05) is 37.8 Å². The van der Waals surface area contributed by atoms with E-state index in [4.69, 9.17) is 9.47 Å². The smallest absolute Gasteiger partial charge is 0.263 e. The van der Waals surface area contributed by atoms with Gasteiger partial charge in [0.05, 0.1) is 37.0 Å². The summed E-state index contributed by atoms with van der Waals surface area (Å²) in [7, 11) is 1.58. The van der Waals surface area contributed by atoms with Gasteiger partial charge in [0.2, 0.25) is 5.91 Å². The highest BCUT2D eigenvalue weighted by molar-refractivity contribution is 7.13. The van der Waals surface area contributed by atoms with Crippen LogP contribution in [0.5, 0.6) is 5.75 Å². The molecule has 2 aliphatic rings. The molecule has 1 saturated carbocycles. The molecule has 40 heavy (non-hydrogen) atoms. The van der Waals surface area contributed by atoms with E-state index < -0.39 is 23.6 Å². The number of aromatic nitrogens is 1. The Hall–Kier alpha value is -3.11. The molecule has 1 saturated heterocycles. The summed E-state index contributed by atoms with van der Waals surface area (Å²) in [4.78, 5) is 57.4. The SMILES string of the molecule is COc1ccc(C[C@H](CC(=O)[C@H](C)NC(=O)c2cnc(C)s2)C(=O)N[C@@H](CC2CCCC2)C(=O)[C@@]2(C)CO2)cc1. The Bertz CT molecular complexity index is 1220. The minimum atomic E-state index is -0.856. The van der Waals surface area contributed by atoms with E-state index in [-0.39, 0.29) is 29.8 Å². The fourth-order valence-electron chi connectivity index (χ4n) is 5.26. The van der Waals surface area contributed by atoms with Crippen LogP contribution in [-0.2, 0) is 25.5 Å². The highest BCUT2D eigenvalue weighted by atomic mass is 32.1. The van der Waals surface area contributed by atoms with Gasteiger partial charge in [-0.05, 0) is 57.2 Å². The Morgan fingerprint density at radius 2 is 1.82 bits per heavy atom. The first-order valence-electron chi connectivity index (χ1n) is 14.0. The molecule has 2 heterocycles. The van der Waals surface area contributed by atoms with Crippen molar-refractivity contribution >= 4 is 34.7 Å². The second-order valence-corrected chi connectivity index (χ2v) is 12.4. The number of nitrogens with one attached hydrogen (secondary N) is 2. The molecule has 216 valence electrons. The van der Waals surface area contributed by atoms with E-state index in [1.165, 1.54) is 17.5 Å². The first-order chi connectivity index (χ1) is 19.1. The van der Waals surface area contributed by atoms with Crippen molar-refractivity contribution in [3.05, 3.63) is 45.9 Å². The van der Waals surface area contributed by atoms with Gasteiger partial charge in [0, 0.05) is 12.3 Å². The summed E-state index contributed by atoms with van der Waals surface area (Å²) in [5.41, 5.74) is 0.00721. The number of ketones is 2. The van der Waals surface area contributed by atoms with Crippen LogP contribution in [0.4, 0.5) is 0 Å². The van der Waals surface area contributed by atoms with Crippen molar-refractivity contribution in [2.24, 2.45) is 11.8 Å². The largest absolute Gasteiger partial charge is 0.497 e. The van der Waals surface area contributed by atoms with Crippen LogP contribution in [0, 0.1) is 18.8 Å². The molecule has 2 amide bonds. The number of hydrogen-bond donors (Lipinski definition) is 2. The highest BCUT2D eigenvalue weighted by Gasteiger charge is 2.50. The Labute approximate surface area is 239 Å². The number of benzene rings is 1. The maximum atomic E-state index is 13.7. The zero-order chi connectivity index (χ0) is 28.9. The predicted octanol–water partition coefficient (Wildman–Crippen LogP) is 3.82. The summed E-state index contributed by atoms with van der Waals surface area (Å²) < 4.78 is 10.7. The molecule has 0 radical (unpaired) electrons. The van der Waals surface area contributed by atoms with Gasteiger partial charge >= 0.3 is 0 Å². The number of aryl methyl sites for hydroxylation is 1. The molecular weight excluding hydrogens is 530 g/mol. The third-order valence-electron chi connectivity index (χ3n) is 7.91. The van der Waals surface area contributed by atoms with E-state index in [1.54, 1.807) is 27.9 Å². The van der Waals surface area contributed by atoms with E-state index in [0.717, 1.165) is 36.3 Å². The first-order valence-corrected chi connectivity index (χ1v) is 14.8.